The van der Waals surface area contributed by atoms with Gasteiger partial charge in [0.1, 0.15) is 6.61 Å². The number of benzene rings is 1. The summed E-state index contributed by atoms with van der Waals surface area (Å²) in [5, 5.41) is 11.4. The van der Waals surface area contributed by atoms with Crippen LogP contribution in [0, 0.1) is 0 Å². The van der Waals surface area contributed by atoms with E-state index in [1.165, 1.54) is 0 Å². The molecule has 1 aliphatic rings. The summed E-state index contributed by atoms with van der Waals surface area (Å²) in [6.07, 6.45) is 1.22. The highest BCUT2D eigenvalue weighted by atomic mass is 79.9. The van der Waals surface area contributed by atoms with Gasteiger partial charge in [-0.1, -0.05) is 15.9 Å². The number of carbonyl (C=O) groups excluding carboxylic acids is 1. The number of carbonyl (C=O) groups is 2. The molecule has 1 aromatic carbocycles. The van der Waals surface area contributed by atoms with E-state index < -0.39 is 5.97 Å². The van der Waals surface area contributed by atoms with Gasteiger partial charge >= 0.3 is 12.0 Å². The van der Waals surface area contributed by atoms with Gasteiger partial charge < -0.3 is 20.1 Å². The van der Waals surface area contributed by atoms with Gasteiger partial charge in [-0.25, -0.2) is 9.59 Å². The molecule has 1 saturated heterocycles. The van der Waals surface area contributed by atoms with E-state index in [0.29, 0.717) is 25.9 Å². The molecule has 1 heterocycles. The third kappa shape index (κ3) is 5.02. The monoisotopic (exact) mass is 356 g/mol. The number of halogens is 1. The molecule has 1 fully saturated rings. The number of rotatable bonds is 4. The van der Waals surface area contributed by atoms with E-state index in [1.807, 2.05) is 24.3 Å². The standard InChI is InChI=1S/C14H17BrN2O4/c15-10-1-3-11(4-2-10)16-14(20)17-7-5-12(6-8-17)21-9-13(18)19/h1-4,12H,5-9H2,(H,16,20)(H,18,19). The summed E-state index contributed by atoms with van der Waals surface area (Å²) in [6.45, 7) is 0.842. The number of aliphatic carboxylic acids is 1. The van der Waals surface area contributed by atoms with Crippen LogP contribution < -0.4 is 5.32 Å². The average Bonchev–Trinajstić information content (AvgIpc) is 2.48. The van der Waals surface area contributed by atoms with Crippen molar-refractivity contribution in [2.75, 3.05) is 25.0 Å². The van der Waals surface area contributed by atoms with Crippen LogP contribution in [0.4, 0.5) is 10.5 Å². The lowest BCUT2D eigenvalue weighted by atomic mass is 10.1. The number of hydrogen-bond acceptors (Lipinski definition) is 3. The van der Waals surface area contributed by atoms with Crippen LogP contribution in [-0.4, -0.2) is 47.8 Å². The number of nitrogens with one attached hydrogen (secondary N) is 1. The van der Waals surface area contributed by atoms with Gasteiger partial charge in [0, 0.05) is 23.2 Å². The van der Waals surface area contributed by atoms with Crippen molar-refractivity contribution in [2.24, 2.45) is 0 Å². The molecular weight excluding hydrogens is 340 g/mol. The van der Waals surface area contributed by atoms with Crippen molar-refractivity contribution < 1.29 is 19.4 Å². The normalized spacial score (nSPS) is 15.8. The Bertz CT molecular complexity index is 498. The number of carboxylic acid groups (broad SMARTS) is 1. The molecule has 6 nitrogen and oxygen atoms in total. The number of carboxylic acids is 1. The smallest absolute Gasteiger partial charge is 0.329 e. The summed E-state index contributed by atoms with van der Waals surface area (Å²) in [5.41, 5.74) is 0.743. The predicted molar refractivity (Wildman–Crippen MR) is 81.3 cm³/mol. The van der Waals surface area contributed by atoms with Crippen LogP contribution in [0.5, 0.6) is 0 Å². The molecule has 0 unspecified atom stereocenters. The zero-order valence-corrected chi connectivity index (χ0v) is 13.0. The van der Waals surface area contributed by atoms with Crippen LogP contribution in [0.2, 0.25) is 0 Å². The van der Waals surface area contributed by atoms with Crippen molar-refractivity contribution in [1.82, 2.24) is 4.90 Å². The first-order valence-electron chi connectivity index (χ1n) is 6.69. The molecule has 0 radical (unpaired) electrons. The summed E-state index contributed by atoms with van der Waals surface area (Å²) in [7, 11) is 0. The Morgan fingerprint density at radius 3 is 2.48 bits per heavy atom. The fraction of sp³-hybridized carbons (Fsp3) is 0.429. The minimum Gasteiger partial charge on any atom is -0.480 e. The largest absolute Gasteiger partial charge is 0.480 e. The van der Waals surface area contributed by atoms with Gasteiger partial charge in [-0.2, -0.15) is 0 Å². The van der Waals surface area contributed by atoms with E-state index in [9.17, 15) is 9.59 Å². The number of amides is 2. The second-order valence-electron chi connectivity index (χ2n) is 4.83. The molecule has 0 aromatic heterocycles. The fourth-order valence-corrected chi connectivity index (χ4v) is 2.41. The second kappa shape index (κ2) is 7.42. The SMILES string of the molecule is O=C(O)COC1CCN(C(=O)Nc2ccc(Br)cc2)CC1. The Morgan fingerprint density at radius 1 is 1.29 bits per heavy atom. The van der Waals surface area contributed by atoms with E-state index in [2.05, 4.69) is 21.2 Å². The Morgan fingerprint density at radius 2 is 1.90 bits per heavy atom. The molecule has 0 aliphatic carbocycles. The van der Waals surface area contributed by atoms with E-state index in [1.54, 1.807) is 4.90 Å². The quantitative estimate of drug-likeness (QED) is 0.868. The molecule has 7 heteroatoms. The second-order valence-corrected chi connectivity index (χ2v) is 5.74. The molecule has 0 atom stereocenters. The third-order valence-corrected chi connectivity index (χ3v) is 3.80. The number of ether oxygens (including phenoxy) is 1. The minimum atomic E-state index is -0.967. The maximum Gasteiger partial charge on any atom is 0.329 e. The average molecular weight is 357 g/mol. The molecule has 1 aromatic rings. The van der Waals surface area contributed by atoms with Crippen molar-refractivity contribution in [3.63, 3.8) is 0 Å². The number of piperidine rings is 1. The van der Waals surface area contributed by atoms with Crippen molar-refractivity contribution in [1.29, 1.82) is 0 Å². The van der Waals surface area contributed by atoms with Crippen molar-refractivity contribution in [2.45, 2.75) is 18.9 Å². The first-order chi connectivity index (χ1) is 10.0. The summed E-state index contributed by atoms with van der Waals surface area (Å²) < 4.78 is 6.20. The Hall–Kier alpha value is -1.60. The molecule has 0 spiro atoms. The first kappa shape index (κ1) is 15.8. The van der Waals surface area contributed by atoms with Gasteiger partial charge in [-0.05, 0) is 37.1 Å². The van der Waals surface area contributed by atoms with Gasteiger partial charge in [-0.15, -0.1) is 0 Å². The van der Waals surface area contributed by atoms with Crippen molar-refractivity contribution >= 4 is 33.6 Å². The van der Waals surface area contributed by atoms with E-state index in [0.717, 1.165) is 10.2 Å². The molecule has 21 heavy (non-hydrogen) atoms. The van der Waals surface area contributed by atoms with Crippen molar-refractivity contribution in [3.05, 3.63) is 28.7 Å². The van der Waals surface area contributed by atoms with Gasteiger partial charge in [0.2, 0.25) is 0 Å². The number of likely N-dealkylation sites (tertiary alicyclic amines) is 1. The highest BCUT2D eigenvalue weighted by Gasteiger charge is 2.23. The zero-order valence-electron chi connectivity index (χ0n) is 11.4. The molecule has 114 valence electrons. The zero-order chi connectivity index (χ0) is 15.2. The van der Waals surface area contributed by atoms with Crippen LogP contribution in [0.25, 0.3) is 0 Å². The predicted octanol–water partition coefficient (Wildman–Crippen LogP) is 2.55. The highest BCUT2D eigenvalue weighted by Crippen LogP contribution is 2.17. The molecular formula is C14H17BrN2O4. The minimum absolute atomic E-state index is 0.0853. The lowest BCUT2D eigenvalue weighted by Crippen LogP contribution is -2.43. The van der Waals surface area contributed by atoms with Crippen molar-refractivity contribution in [3.8, 4) is 0 Å². The van der Waals surface area contributed by atoms with Crippen LogP contribution >= 0.6 is 15.9 Å². The molecule has 2 amide bonds. The molecule has 2 N–H and O–H groups in total. The number of urea groups is 1. The molecule has 2 rings (SSSR count). The van der Waals surface area contributed by atoms with Crippen LogP contribution in [0.1, 0.15) is 12.8 Å². The van der Waals surface area contributed by atoms with Crippen LogP contribution in [0.3, 0.4) is 0 Å². The van der Waals surface area contributed by atoms with Crippen LogP contribution in [0.15, 0.2) is 28.7 Å². The van der Waals surface area contributed by atoms with Gasteiger partial charge in [-0.3, -0.25) is 0 Å². The molecule has 0 bridgehead atoms. The lowest BCUT2D eigenvalue weighted by Gasteiger charge is -2.31. The van der Waals surface area contributed by atoms with Gasteiger partial charge in [0.25, 0.3) is 0 Å². The highest BCUT2D eigenvalue weighted by molar-refractivity contribution is 9.10. The molecule has 0 saturated carbocycles. The lowest BCUT2D eigenvalue weighted by molar-refractivity contribution is -0.145. The third-order valence-electron chi connectivity index (χ3n) is 3.27. The van der Waals surface area contributed by atoms with E-state index in [4.69, 9.17) is 9.84 Å². The Balaban J connectivity index is 1.77. The maximum atomic E-state index is 12.1. The number of anilines is 1. The summed E-state index contributed by atoms with van der Waals surface area (Å²) in [5.74, 6) is -0.967. The summed E-state index contributed by atoms with van der Waals surface area (Å²) in [6, 6.07) is 7.23. The van der Waals surface area contributed by atoms with Gasteiger partial charge in [0.05, 0.1) is 6.10 Å². The van der Waals surface area contributed by atoms with E-state index in [-0.39, 0.29) is 18.7 Å². The number of hydrogen-bond donors (Lipinski definition) is 2. The maximum absolute atomic E-state index is 12.1. The summed E-state index contributed by atoms with van der Waals surface area (Å²) >= 11 is 3.34. The van der Waals surface area contributed by atoms with Crippen LogP contribution in [-0.2, 0) is 9.53 Å². The molecule has 1 aliphatic heterocycles. The Labute approximate surface area is 131 Å². The van der Waals surface area contributed by atoms with Gasteiger partial charge in [0.15, 0.2) is 0 Å². The Kier molecular flexibility index (Phi) is 5.58. The topological polar surface area (TPSA) is 78.9 Å². The summed E-state index contributed by atoms with van der Waals surface area (Å²) in [4.78, 5) is 24.2. The number of nitrogens with zero attached hydrogens (tertiary/aromatic N) is 1. The van der Waals surface area contributed by atoms with E-state index >= 15 is 0 Å². The fourth-order valence-electron chi connectivity index (χ4n) is 2.15. The first-order valence-corrected chi connectivity index (χ1v) is 7.49.